The Labute approximate surface area is 98.5 Å². The van der Waals surface area contributed by atoms with Gasteiger partial charge in [-0.05, 0) is 30.7 Å². The molecule has 1 aliphatic heterocycles. The maximum Gasteiger partial charge on any atom is 0.251 e. The van der Waals surface area contributed by atoms with Gasteiger partial charge in [0, 0.05) is 6.54 Å². The first-order valence-electron chi connectivity index (χ1n) is 6.12. The predicted octanol–water partition coefficient (Wildman–Crippen LogP) is 1.12. The Hall–Kier alpha value is -0.610. The van der Waals surface area contributed by atoms with Gasteiger partial charge in [-0.3, -0.25) is 15.1 Å². The van der Waals surface area contributed by atoms with Crippen molar-refractivity contribution in [3.63, 3.8) is 0 Å². The van der Waals surface area contributed by atoms with Crippen molar-refractivity contribution in [1.29, 1.82) is 0 Å². The molecule has 0 saturated carbocycles. The number of piperidine rings is 1. The van der Waals surface area contributed by atoms with Gasteiger partial charge < -0.3 is 0 Å². The summed E-state index contributed by atoms with van der Waals surface area (Å²) in [7, 11) is 0. The van der Waals surface area contributed by atoms with Gasteiger partial charge in [0.05, 0.1) is 6.04 Å². The summed E-state index contributed by atoms with van der Waals surface area (Å²) < 4.78 is 0. The van der Waals surface area contributed by atoms with Crippen molar-refractivity contribution in [1.82, 2.24) is 10.3 Å². The van der Waals surface area contributed by atoms with Crippen molar-refractivity contribution in [2.24, 2.45) is 17.2 Å². The molecule has 1 rings (SSSR count). The first-order chi connectivity index (χ1) is 7.37. The average Bonchev–Trinajstić information content (AvgIpc) is 2.15. The maximum atomic E-state index is 11.8. The third-order valence-electron chi connectivity index (χ3n) is 3.37. The van der Waals surface area contributed by atoms with Crippen LogP contribution in [0.25, 0.3) is 0 Å². The summed E-state index contributed by atoms with van der Waals surface area (Å²) in [6, 6.07) is -0.0930. The normalized spacial score (nSPS) is 23.1. The third kappa shape index (κ3) is 3.19. The molecule has 16 heavy (non-hydrogen) atoms. The van der Waals surface area contributed by atoms with Crippen LogP contribution in [-0.2, 0) is 4.79 Å². The summed E-state index contributed by atoms with van der Waals surface area (Å²) in [4.78, 5) is 14.1. The van der Waals surface area contributed by atoms with Gasteiger partial charge in [-0.25, -0.2) is 5.84 Å². The topological polar surface area (TPSA) is 58.4 Å². The molecule has 0 aromatic rings. The van der Waals surface area contributed by atoms with Gasteiger partial charge in [0.1, 0.15) is 0 Å². The van der Waals surface area contributed by atoms with Crippen LogP contribution in [0.2, 0.25) is 0 Å². The number of nitrogens with one attached hydrogen (secondary N) is 1. The number of carbonyl (C=O) groups is 1. The molecule has 94 valence electrons. The quantitative estimate of drug-likeness (QED) is 0.431. The molecule has 4 nitrogen and oxygen atoms in total. The molecule has 0 aromatic heterocycles. The van der Waals surface area contributed by atoms with Gasteiger partial charge in [-0.2, -0.15) is 0 Å². The van der Waals surface area contributed by atoms with Crippen LogP contribution in [0.15, 0.2) is 0 Å². The molecule has 0 radical (unpaired) electrons. The SMILES string of the molecule is CC(C)C(C(=O)NN)N1CCCC(C)(C)C1. The van der Waals surface area contributed by atoms with E-state index in [1.54, 1.807) is 0 Å². The molecule has 1 atom stereocenters. The Kier molecular flexibility index (Phi) is 4.33. The molecule has 0 aromatic carbocycles. The fourth-order valence-corrected chi connectivity index (χ4v) is 2.68. The van der Waals surface area contributed by atoms with Gasteiger partial charge in [-0.15, -0.1) is 0 Å². The molecule has 1 aliphatic rings. The Morgan fingerprint density at radius 3 is 2.50 bits per heavy atom. The summed E-state index contributed by atoms with van der Waals surface area (Å²) in [5.41, 5.74) is 2.60. The van der Waals surface area contributed by atoms with Crippen LogP contribution >= 0.6 is 0 Å². The minimum absolute atomic E-state index is 0.0623. The first kappa shape index (κ1) is 13.5. The Balaban J connectivity index is 2.75. The van der Waals surface area contributed by atoms with Crippen LogP contribution in [0.1, 0.15) is 40.5 Å². The number of amides is 1. The van der Waals surface area contributed by atoms with Crippen LogP contribution in [-0.4, -0.2) is 29.9 Å². The van der Waals surface area contributed by atoms with Crippen LogP contribution < -0.4 is 11.3 Å². The molecule has 3 N–H and O–H groups in total. The summed E-state index contributed by atoms with van der Waals surface area (Å²) in [5, 5.41) is 0. The second-order valence-corrected chi connectivity index (χ2v) is 5.94. The molecular formula is C12H25N3O. The molecule has 1 amide bonds. The van der Waals surface area contributed by atoms with Crippen molar-refractivity contribution in [2.75, 3.05) is 13.1 Å². The lowest BCUT2D eigenvalue weighted by atomic mass is 9.82. The number of nitrogens with two attached hydrogens (primary N) is 1. The zero-order valence-corrected chi connectivity index (χ0v) is 10.9. The maximum absolute atomic E-state index is 11.8. The highest BCUT2D eigenvalue weighted by Gasteiger charge is 2.35. The highest BCUT2D eigenvalue weighted by Crippen LogP contribution is 2.30. The fraction of sp³-hybridized carbons (Fsp3) is 0.917. The monoisotopic (exact) mass is 227 g/mol. The fourth-order valence-electron chi connectivity index (χ4n) is 2.68. The van der Waals surface area contributed by atoms with E-state index in [4.69, 9.17) is 5.84 Å². The lowest BCUT2D eigenvalue weighted by Crippen LogP contribution is -2.55. The Morgan fingerprint density at radius 2 is 2.06 bits per heavy atom. The summed E-state index contributed by atoms with van der Waals surface area (Å²) in [6.07, 6.45) is 2.40. The second kappa shape index (κ2) is 5.15. The molecule has 1 heterocycles. The molecular weight excluding hydrogens is 202 g/mol. The zero-order chi connectivity index (χ0) is 12.3. The molecule has 0 spiro atoms. The van der Waals surface area contributed by atoms with Gasteiger partial charge in [0.15, 0.2) is 0 Å². The number of hydrazine groups is 1. The van der Waals surface area contributed by atoms with E-state index in [-0.39, 0.29) is 17.9 Å². The second-order valence-electron chi connectivity index (χ2n) is 5.94. The summed E-state index contributed by atoms with van der Waals surface area (Å²) in [5.74, 6) is 5.49. The van der Waals surface area contributed by atoms with E-state index in [9.17, 15) is 4.79 Å². The number of likely N-dealkylation sites (tertiary alicyclic amines) is 1. The van der Waals surface area contributed by atoms with E-state index in [1.807, 2.05) is 0 Å². The number of rotatable bonds is 3. The van der Waals surface area contributed by atoms with Crippen LogP contribution in [0.3, 0.4) is 0 Å². The number of carbonyl (C=O) groups excluding carboxylic acids is 1. The van der Waals surface area contributed by atoms with Crippen molar-refractivity contribution in [3.8, 4) is 0 Å². The number of hydrogen-bond acceptors (Lipinski definition) is 3. The van der Waals surface area contributed by atoms with Crippen LogP contribution in [0, 0.1) is 11.3 Å². The molecule has 1 fully saturated rings. The third-order valence-corrected chi connectivity index (χ3v) is 3.37. The van der Waals surface area contributed by atoms with Gasteiger partial charge in [-0.1, -0.05) is 27.7 Å². The number of nitrogens with zero attached hydrogens (tertiary/aromatic N) is 1. The predicted molar refractivity (Wildman–Crippen MR) is 65.5 cm³/mol. The van der Waals surface area contributed by atoms with Gasteiger partial charge in [0.2, 0.25) is 0 Å². The molecule has 1 saturated heterocycles. The lowest BCUT2D eigenvalue weighted by Gasteiger charge is -2.42. The highest BCUT2D eigenvalue weighted by molar-refractivity contribution is 5.81. The molecule has 0 bridgehead atoms. The van der Waals surface area contributed by atoms with E-state index in [0.29, 0.717) is 5.41 Å². The lowest BCUT2D eigenvalue weighted by molar-refractivity contribution is -0.129. The highest BCUT2D eigenvalue weighted by atomic mass is 16.2. The first-order valence-corrected chi connectivity index (χ1v) is 6.12. The average molecular weight is 227 g/mol. The van der Waals surface area contributed by atoms with Crippen LogP contribution in [0.4, 0.5) is 0 Å². The largest absolute Gasteiger partial charge is 0.293 e. The van der Waals surface area contributed by atoms with Gasteiger partial charge >= 0.3 is 0 Å². The van der Waals surface area contributed by atoms with E-state index < -0.39 is 0 Å². The minimum atomic E-state index is -0.0930. The standard InChI is InChI=1S/C12H25N3O/c1-9(2)10(11(16)14-13)15-7-5-6-12(3,4)8-15/h9-10H,5-8,13H2,1-4H3,(H,14,16). The van der Waals surface area contributed by atoms with E-state index in [2.05, 4.69) is 38.0 Å². The van der Waals surface area contributed by atoms with E-state index >= 15 is 0 Å². The van der Waals surface area contributed by atoms with Crippen molar-refractivity contribution in [3.05, 3.63) is 0 Å². The molecule has 0 aliphatic carbocycles. The van der Waals surface area contributed by atoms with E-state index in [1.165, 1.54) is 6.42 Å². The summed E-state index contributed by atoms with van der Waals surface area (Å²) in [6.45, 7) is 10.6. The van der Waals surface area contributed by atoms with Gasteiger partial charge in [0.25, 0.3) is 5.91 Å². The van der Waals surface area contributed by atoms with E-state index in [0.717, 1.165) is 19.5 Å². The minimum Gasteiger partial charge on any atom is -0.293 e. The van der Waals surface area contributed by atoms with Crippen molar-refractivity contribution in [2.45, 2.75) is 46.6 Å². The molecule has 1 unspecified atom stereocenters. The Morgan fingerprint density at radius 1 is 1.44 bits per heavy atom. The smallest absolute Gasteiger partial charge is 0.251 e. The molecule has 4 heteroatoms. The number of hydrogen-bond donors (Lipinski definition) is 2. The van der Waals surface area contributed by atoms with Crippen molar-refractivity contribution < 1.29 is 4.79 Å². The summed E-state index contributed by atoms with van der Waals surface area (Å²) >= 11 is 0. The van der Waals surface area contributed by atoms with Crippen LogP contribution in [0.5, 0.6) is 0 Å². The Bertz CT molecular complexity index is 251. The zero-order valence-electron chi connectivity index (χ0n) is 10.9. The van der Waals surface area contributed by atoms with Crippen molar-refractivity contribution >= 4 is 5.91 Å².